The van der Waals surface area contributed by atoms with Gasteiger partial charge in [0.05, 0.1) is 18.3 Å². The standard InChI is InChI=1S/C31H29N3O3/c1-3-20-18-34-14-12-21(20)15-26(34)27(23-11-13-32-25-10-9-22(37-2)16-24(23)25)28-29(31(36)30(28)35)33-17-19-7-5-4-6-8-19/h1,4-11,13,16,20-21,26-27,33H,12,14-15,17-18H2,2H3/t20-,21-,26-,27+/m0/s1. The Morgan fingerprint density at radius 2 is 2.00 bits per heavy atom. The molecule has 1 unspecified atom stereocenters. The number of methoxy groups -OCH3 is 1. The average molecular weight is 492 g/mol. The second-order valence-corrected chi connectivity index (χ2v) is 10.2. The zero-order valence-electron chi connectivity index (χ0n) is 20.8. The molecule has 6 nitrogen and oxygen atoms in total. The molecule has 3 fully saturated rings. The maximum absolute atomic E-state index is 13.3. The van der Waals surface area contributed by atoms with E-state index in [1.165, 1.54) is 0 Å². The molecule has 0 amide bonds. The molecule has 4 heterocycles. The van der Waals surface area contributed by atoms with Gasteiger partial charge in [-0.3, -0.25) is 19.5 Å². The third kappa shape index (κ3) is 4.00. The summed E-state index contributed by atoms with van der Waals surface area (Å²) in [6, 6.07) is 17.8. The summed E-state index contributed by atoms with van der Waals surface area (Å²) in [4.78, 5) is 33.2. The van der Waals surface area contributed by atoms with Crippen LogP contribution in [0, 0.1) is 24.2 Å². The molecule has 3 aliphatic rings. The third-order valence-electron chi connectivity index (χ3n) is 8.29. The molecule has 5 atom stereocenters. The Bertz CT molecular complexity index is 1560. The Balaban J connectivity index is 1.48. The summed E-state index contributed by atoms with van der Waals surface area (Å²) in [5.41, 5.74) is 3.05. The highest BCUT2D eigenvalue weighted by Gasteiger charge is 2.46. The Morgan fingerprint density at radius 1 is 1.16 bits per heavy atom. The number of fused-ring (bicyclic) bond motifs is 4. The van der Waals surface area contributed by atoms with E-state index in [1.807, 2.05) is 54.6 Å². The Kier molecular flexibility index (Phi) is 6.02. The molecule has 37 heavy (non-hydrogen) atoms. The van der Waals surface area contributed by atoms with E-state index in [0.29, 0.717) is 23.7 Å². The lowest BCUT2D eigenvalue weighted by molar-refractivity contribution is 0.0151. The van der Waals surface area contributed by atoms with Crippen molar-refractivity contribution in [3.63, 3.8) is 0 Å². The fourth-order valence-electron chi connectivity index (χ4n) is 6.37. The molecule has 7 rings (SSSR count). The number of pyridine rings is 1. The van der Waals surface area contributed by atoms with Crippen LogP contribution in [0.25, 0.3) is 10.9 Å². The smallest absolute Gasteiger partial charge is 0.249 e. The van der Waals surface area contributed by atoms with Gasteiger partial charge in [-0.1, -0.05) is 30.3 Å². The summed E-state index contributed by atoms with van der Waals surface area (Å²) in [5, 5.41) is 4.24. The highest BCUT2D eigenvalue weighted by Crippen LogP contribution is 2.46. The van der Waals surface area contributed by atoms with E-state index in [1.54, 1.807) is 13.3 Å². The van der Waals surface area contributed by atoms with Gasteiger partial charge in [-0.2, -0.15) is 0 Å². The summed E-state index contributed by atoms with van der Waals surface area (Å²) in [6.07, 6.45) is 9.61. The van der Waals surface area contributed by atoms with Crippen LogP contribution in [0.3, 0.4) is 0 Å². The fourth-order valence-corrected chi connectivity index (χ4v) is 6.37. The number of nitrogens with zero attached hydrogens (tertiary/aromatic N) is 2. The largest absolute Gasteiger partial charge is 0.497 e. The molecule has 0 spiro atoms. The Hall–Kier alpha value is -3.95. The lowest BCUT2D eigenvalue weighted by Gasteiger charge is -2.51. The van der Waals surface area contributed by atoms with Gasteiger partial charge in [0.25, 0.3) is 0 Å². The lowest BCUT2D eigenvalue weighted by Crippen LogP contribution is -2.56. The maximum Gasteiger partial charge on any atom is 0.249 e. The Labute approximate surface area is 216 Å². The second kappa shape index (κ2) is 9.49. The van der Waals surface area contributed by atoms with Gasteiger partial charge in [-0.25, -0.2) is 0 Å². The van der Waals surface area contributed by atoms with Crippen molar-refractivity contribution in [2.45, 2.75) is 31.3 Å². The summed E-state index contributed by atoms with van der Waals surface area (Å²) < 4.78 is 5.52. The SMILES string of the molecule is C#C[C@H]1CN2CC[C@H]1C[C@H]2[C@H](c1c(NCc2ccccc2)c(=O)c1=O)c1ccnc2ccc(OC)cc12. The molecule has 0 radical (unpaired) electrons. The average Bonchev–Trinajstić information content (AvgIpc) is 2.96. The van der Waals surface area contributed by atoms with Gasteiger partial charge in [-0.15, -0.1) is 12.3 Å². The van der Waals surface area contributed by atoms with Crippen molar-refractivity contribution in [1.29, 1.82) is 0 Å². The molecular formula is C31H29N3O3. The quantitative estimate of drug-likeness (QED) is 0.312. The van der Waals surface area contributed by atoms with Crippen molar-refractivity contribution in [3.05, 3.63) is 97.9 Å². The topological polar surface area (TPSA) is 71.5 Å². The summed E-state index contributed by atoms with van der Waals surface area (Å²) >= 11 is 0. The van der Waals surface area contributed by atoms with Gasteiger partial charge in [0, 0.05) is 48.1 Å². The number of nitrogens with one attached hydrogen (secondary N) is 1. The number of anilines is 1. The molecular weight excluding hydrogens is 462 g/mol. The van der Waals surface area contributed by atoms with E-state index in [0.717, 1.165) is 53.7 Å². The van der Waals surface area contributed by atoms with Crippen LogP contribution in [-0.4, -0.2) is 36.1 Å². The van der Waals surface area contributed by atoms with Crippen LogP contribution in [0.1, 0.15) is 35.4 Å². The molecule has 3 aromatic carbocycles. The van der Waals surface area contributed by atoms with E-state index in [-0.39, 0.29) is 17.9 Å². The van der Waals surface area contributed by atoms with Crippen LogP contribution in [0.4, 0.5) is 5.69 Å². The second-order valence-electron chi connectivity index (χ2n) is 10.2. The van der Waals surface area contributed by atoms with Crippen molar-refractivity contribution < 1.29 is 4.74 Å². The normalized spacial score (nSPS) is 23.6. The van der Waals surface area contributed by atoms with E-state index in [4.69, 9.17) is 11.2 Å². The number of hydrogen-bond donors (Lipinski definition) is 1. The first-order valence-corrected chi connectivity index (χ1v) is 12.8. The number of ether oxygens (including phenoxy) is 1. The zero-order chi connectivity index (χ0) is 25.5. The van der Waals surface area contributed by atoms with Crippen molar-refractivity contribution in [3.8, 4) is 18.1 Å². The summed E-state index contributed by atoms with van der Waals surface area (Å²) in [5.74, 6) is 4.08. The fraction of sp³-hybridized carbons (Fsp3) is 0.323. The minimum Gasteiger partial charge on any atom is -0.497 e. The third-order valence-corrected chi connectivity index (χ3v) is 8.29. The lowest BCUT2D eigenvalue weighted by atomic mass is 9.69. The van der Waals surface area contributed by atoms with Crippen LogP contribution in [0.5, 0.6) is 5.75 Å². The van der Waals surface area contributed by atoms with Crippen LogP contribution < -0.4 is 20.9 Å². The number of terminal acetylenes is 1. The molecule has 186 valence electrons. The summed E-state index contributed by atoms with van der Waals surface area (Å²) in [6.45, 7) is 2.24. The molecule has 3 saturated heterocycles. The monoisotopic (exact) mass is 491 g/mol. The van der Waals surface area contributed by atoms with E-state index in [9.17, 15) is 9.59 Å². The zero-order valence-corrected chi connectivity index (χ0v) is 20.8. The van der Waals surface area contributed by atoms with E-state index >= 15 is 0 Å². The van der Waals surface area contributed by atoms with E-state index in [2.05, 4.69) is 21.1 Å². The molecule has 3 aliphatic heterocycles. The first-order chi connectivity index (χ1) is 18.1. The highest BCUT2D eigenvalue weighted by atomic mass is 16.5. The first kappa shape index (κ1) is 23.4. The molecule has 0 aliphatic carbocycles. The molecule has 0 saturated carbocycles. The van der Waals surface area contributed by atoms with Gasteiger partial charge in [0.1, 0.15) is 5.75 Å². The van der Waals surface area contributed by atoms with Crippen molar-refractivity contribution in [2.75, 3.05) is 25.5 Å². The number of piperidine rings is 3. The predicted octanol–water partition coefficient (Wildman–Crippen LogP) is 3.93. The number of benzene rings is 2. The van der Waals surface area contributed by atoms with Crippen LogP contribution >= 0.6 is 0 Å². The minimum atomic E-state index is -0.440. The van der Waals surface area contributed by atoms with Gasteiger partial charge < -0.3 is 10.1 Å². The summed E-state index contributed by atoms with van der Waals surface area (Å²) in [7, 11) is 1.64. The first-order valence-electron chi connectivity index (χ1n) is 12.8. The van der Waals surface area contributed by atoms with Crippen LogP contribution in [0.15, 0.2) is 70.4 Å². The van der Waals surface area contributed by atoms with Crippen molar-refractivity contribution in [2.24, 2.45) is 11.8 Å². The van der Waals surface area contributed by atoms with Crippen LogP contribution in [-0.2, 0) is 6.54 Å². The van der Waals surface area contributed by atoms with Gasteiger partial charge in [0.15, 0.2) is 0 Å². The Morgan fingerprint density at radius 3 is 2.73 bits per heavy atom. The molecule has 1 N–H and O–H groups in total. The van der Waals surface area contributed by atoms with Gasteiger partial charge >= 0.3 is 0 Å². The van der Waals surface area contributed by atoms with Crippen molar-refractivity contribution >= 4 is 16.6 Å². The van der Waals surface area contributed by atoms with E-state index < -0.39 is 10.9 Å². The number of rotatable bonds is 7. The minimum absolute atomic E-state index is 0.0701. The molecule has 6 heteroatoms. The maximum atomic E-state index is 13.3. The molecule has 1 aromatic heterocycles. The molecule has 4 aromatic rings. The van der Waals surface area contributed by atoms with Crippen molar-refractivity contribution in [1.82, 2.24) is 9.88 Å². The number of aromatic nitrogens is 1. The van der Waals surface area contributed by atoms with Gasteiger partial charge in [-0.05, 0) is 60.7 Å². The predicted molar refractivity (Wildman–Crippen MR) is 146 cm³/mol. The number of hydrogen-bond acceptors (Lipinski definition) is 6. The van der Waals surface area contributed by atoms with Crippen LogP contribution in [0.2, 0.25) is 0 Å². The molecule has 2 bridgehead atoms. The van der Waals surface area contributed by atoms with Gasteiger partial charge in [0.2, 0.25) is 10.9 Å². The highest BCUT2D eigenvalue weighted by molar-refractivity contribution is 5.85.